The largest absolute Gasteiger partial charge is 0.478 e. The fourth-order valence-electron chi connectivity index (χ4n) is 0.639. The van der Waals surface area contributed by atoms with Gasteiger partial charge in [0.15, 0.2) is 0 Å². The standard InChI is InChI=1S/C8H11NO3/c1-6(3-4-9-5-10)7(2)8(11)12/h3-4H2,1-2H3,(H,11,12). The molecule has 4 nitrogen and oxygen atoms in total. The van der Waals surface area contributed by atoms with Crippen molar-refractivity contribution in [3.8, 4) is 0 Å². The minimum absolute atomic E-state index is 0.306. The number of carboxylic acid groups (broad SMARTS) is 1. The third-order valence-electron chi connectivity index (χ3n) is 1.62. The topological polar surface area (TPSA) is 66.7 Å². The van der Waals surface area contributed by atoms with E-state index >= 15 is 0 Å². The summed E-state index contributed by atoms with van der Waals surface area (Å²) in [6.45, 7) is 3.55. The summed E-state index contributed by atoms with van der Waals surface area (Å²) in [6.07, 6.45) is 1.89. The summed E-state index contributed by atoms with van der Waals surface area (Å²) in [5.74, 6) is -0.928. The highest BCUT2D eigenvalue weighted by molar-refractivity contribution is 5.86. The van der Waals surface area contributed by atoms with Crippen molar-refractivity contribution in [2.24, 2.45) is 4.99 Å². The van der Waals surface area contributed by atoms with E-state index in [0.29, 0.717) is 18.5 Å². The Hall–Kier alpha value is -1.41. The van der Waals surface area contributed by atoms with Crippen LogP contribution in [0.25, 0.3) is 0 Å². The van der Waals surface area contributed by atoms with Crippen molar-refractivity contribution >= 4 is 12.0 Å². The molecule has 0 aliphatic rings. The number of carbonyl (C=O) groups is 1. The van der Waals surface area contributed by atoms with Crippen molar-refractivity contribution < 1.29 is 14.7 Å². The SMILES string of the molecule is CC(CCN=C=O)=C(C)C(=O)O. The van der Waals surface area contributed by atoms with Crippen LogP contribution in [-0.4, -0.2) is 23.7 Å². The number of aliphatic imine (C=N–C) groups is 1. The van der Waals surface area contributed by atoms with Crippen molar-refractivity contribution in [2.75, 3.05) is 6.54 Å². The van der Waals surface area contributed by atoms with E-state index < -0.39 is 5.97 Å². The van der Waals surface area contributed by atoms with Gasteiger partial charge in [0, 0.05) is 5.57 Å². The van der Waals surface area contributed by atoms with Crippen LogP contribution in [0.4, 0.5) is 0 Å². The molecule has 0 atom stereocenters. The maximum Gasteiger partial charge on any atom is 0.331 e. The summed E-state index contributed by atoms with van der Waals surface area (Å²) in [4.78, 5) is 23.4. The highest BCUT2D eigenvalue weighted by Crippen LogP contribution is 2.07. The van der Waals surface area contributed by atoms with Gasteiger partial charge in [-0.15, -0.1) is 0 Å². The zero-order valence-electron chi connectivity index (χ0n) is 7.13. The van der Waals surface area contributed by atoms with E-state index in [1.54, 1.807) is 6.92 Å². The van der Waals surface area contributed by atoms with Crippen LogP contribution in [0, 0.1) is 0 Å². The van der Waals surface area contributed by atoms with Gasteiger partial charge in [-0.1, -0.05) is 5.57 Å². The third kappa shape index (κ3) is 3.68. The van der Waals surface area contributed by atoms with Gasteiger partial charge in [-0.2, -0.15) is 0 Å². The second-order valence-corrected chi connectivity index (χ2v) is 2.43. The lowest BCUT2D eigenvalue weighted by Gasteiger charge is -1.99. The molecule has 0 bridgehead atoms. The van der Waals surface area contributed by atoms with E-state index in [1.165, 1.54) is 13.0 Å². The van der Waals surface area contributed by atoms with E-state index in [0.717, 1.165) is 5.57 Å². The van der Waals surface area contributed by atoms with E-state index in [-0.39, 0.29) is 0 Å². The van der Waals surface area contributed by atoms with Gasteiger partial charge in [0.25, 0.3) is 0 Å². The fourth-order valence-corrected chi connectivity index (χ4v) is 0.639. The molecule has 0 rings (SSSR count). The van der Waals surface area contributed by atoms with Crippen molar-refractivity contribution in [2.45, 2.75) is 20.3 Å². The molecule has 0 radical (unpaired) electrons. The van der Waals surface area contributed by atoms with E-state index in [4.69, 9.17) is 5.11 Å². The van der Waals surface area contributed by atoms with Gasteiger partial charge >= 0.3 is 5.97 Å². The molecule has 0 aromatic heterocycles. The minimum atomic E-state index is -0.928. The number of rotatable bonds is 4. The van der Waals surface area contributed by atoms with E-state index in [9.17, 15) is 9.59 Å². The maximum absolute atomic E-state index is 10.4. The first kappa shape index (κ1) is 10.6. The Morgan fingerprint density at radius 1 is 1.50 bits per heavy atom. The molecule has 0 aliphatic heterocycles. The Bertz CT molecular complexity index is 249. The Morgan fingerprint density at radius 2 is 2.08 bits per heavy atom. The second-order valence-electron chi connectivity index (χ2n) is 2.43. The number of hydrogen-bond donors (Lipinski definition) is 1. The molecule has 1 N–H and O–H groups in total. The van der Waals surface area contributed by atoms with Gasteiger partial charge in [0.1, 0.15) is 0 Å². The lowest BCUT2D eigenvalue weighted by molar-refractivity contribution is -0.132. The Kier molecular flexibility index (Phi) is 4.65. The molecule has 0 saturated heterocycles. The van der Waals surface area contributed by atoms with Crippen LogP contribution in [0.5, 0.6) is 0 Å². The number of aliphatic carboxylic acids is 1. The first-order valence-corrected chi connectivity index (χ1v) is 3.53. The second kappa shape index (κ2) is 5.27. The normalized spacial score (nSPS) is 11.5. The van der Waals surface area contributed by atoms with Crippen LogP contribution in [0.1, 0.15) is 20.3 Å². The van der Waals surface area contributed by atoms with Gasteiger partial charge in [0.05, 0.1) is 6.54 Å². The summed E-state index contributed by atoms with van der Waals surface area (Å²) in [7, 11) is 0. The third-order valence-corrected chi connectivity index (χ3v) is 1.62. The van der Waals surface area contributed by atoms with Gasteiger partial charge in [0.2, 0.25) is 6.08 Å². The molecule has 66 valence electrons. The molecule has 0 aromatic carbocycles. The zero-order valence-corrected chi connectivity index (χ0v) is 7.13. The summed E-state index contributed by atoms with van der Waals surface area (Å²) in [5.41, 5.74) is 1.05. The summed E-state index contributed by atoms with van der Waals surface area (Å²) >= 11 is 0. The van der Waals surface area contributed by atoms with Crippen molar-refractivity contribution in [3.63, 3.8) is 0 Å². The fraction of sp³-hybridized carbons (Fsp3) is 0.500. The molecule has 0 amide bonds. The van der Waals surface area contributed by atoms with Crippen LogP contribution in [0.2, 0.25) is 0 Å². The molecule has 0 aromatic rings. The van der Waals surface area contributed by atoms with Gasteiger partial charge in [-0.3, -0.25) is 0 Å². The van der Waals surface area contributed by atoms with Crippen LogP contribution in [0.15, 0.2) is 16.1 Å². The average Bonchev–Trinajstić information content (AvgIpc) is 2.03. The Morgan fingerprint density at radius 3 is 2.50 bits per heavy atom. The monoisotopic (exact) mass is 169 g/mol. The smallest absolute Gasteiger partial charge is 0.331 e. The molecule has 0 unspecified atom stereocenters. The summed E-state index contributed by atoms with van der Waals surface area (Å²) in [6, 6.07) is 0. The van der Waals surface area contributed by atoms with Crippen LogP contribution < -0.4 is 0 Å². The lowest BCUT2D eigenvalue weighted by atomic mass is 10.1. The zero-order chi connectivity index (χ0) is 9.56. The average molecular weight is 169 g/mol. The predicted molar refractivity (Wildman–Crippen MR) is 43.6 cm³/mol. The van der Waals surface area contributed by atoms with Gasteiger partial charge in [-0.25, -0.2) is 14.6 Å². The molecule has 0 heterocycles. The number of nitrogens with zero attached hydrogens (tertiary/aromatic N) is 1. The predicted octanol–water partition coefficient (Wildman–Crippen LogP) is 1.13. The van der Waals surface area contributed by atoms with E-state index in [1.807, 2.05) is 0 Å². The highest BCUT2D eigenvalue weighted by atomic mass is 16.4. The molecule has 0 spiro atoms. The van der Waals surface area contributed by atoms with Crippen LogP contribution in [-0.2, 0) is 9.59 Å². The molecule has 4 heteroatoms. The molecule has 12 heavy (non-hydrogen) atoms. The van der Waals surface area contributed by atoms with E-state index in [2.05, 4.69) is 4.99 Å². The van der Waals surface area contributed by atoms with Crippen LogP contribution in [0.3, 0.4) is 0 Å². The van der Waals surface area contributed by atoms with Crippen molar-refractivity contribution in [1.29, 1.82) is 0 Å². The molecule has 0 fully saturated rings. The first-order chi connectivity index (χ1) is 5.59. The van der Waals surface area contributed by atoms with Crippen molar-refractivity contribution in [1.82, 2.24) is 0 Å². The number of carboxylic acids is 1. The van der Waals surface area contributed by atoms with Gasteiger partial charge < -0.3 is 5.11 Å². The minimum Gasteiger partial charge on any atom is -0.478 e. The number of hydrogen-bond acceptors (Lipinski definition) is 3. The summed E-state index contributed by atoms with van der Waals surface area (Å²) < 4.78 is 0. The summed E-state index contributed by atoms with van der Waals surface area (Å²) in [5, 5.41) is 8.54. The molecule has 0 aliphatic carbocycles. The highest BCUT2D eigenvalue weighted by Gasteiger charge is 2.03. The Labute approximate surface area is 70.6 Å². The molecular formula is C8H11NO3. The quantitative estimate of drug-likeness (QED) is 0.389. The Balaban J connectivity index is 4.17. The first-order valence-electron chi connectivity index (χ1n) is 3.53. The lowest BCUT2D eigenvalue weighted by Crippen LogP contribution is -2.00. The van der Waals surface area contributed by atoms with Crippen LogP contribution >= 0.6 is 0 Å². The number of carbonyl (C=O) groups excluding carboxylic acids is 1. The van der Waals surface area contributed by atoms with Crippen molar-refractivity contribution in [3.05, 3.63) is 11.1 Å². The molecular weight excluding hydrogens is 158 g/mol. The maximum atomic E-state index is 10.4. The van der Waals surface area contributed by atoms with Gasteiger partial charge in [-0.05, 0) is 20.3 Å². The number of isocyanates is 1. The molecule has 0 saturated carbocycles.